The van der Waals surface area contributed by atoms with Crippen LogP contribution in [-0.2, 0) is 4.46 Å². The van der Waals surface area contributed by atoms with Crippen LogP contribution < -0.4 is 0 Å². The van der Waals surface area contributed by atoms with Crippen molar-refractivity contribution < 1.29 is 4.46 Å². The minimum absolute atomic E-state index is 0. The molecule has 0 heterocycles. The van der Waals surface area contributed by atoms with Gasteiger partial charge in [0.1, 0.15) is 0 Å². The van der Waals surface area contributed by atoms with E-state index < -0.39 is 9.41 Å². The third kappa shape index (κ3) is 11.9. The summed E-state index contributed by atoms with van der Waals surface area (Å²) in [5.74, 6) is 0. The predicted molar refractivity (Wildman–Crippen MR) is 20.8 cm³/mol. The van der Waals surface area contributed by atoms with Gasteiger partial charge in [-0.2, -0.15) is 0 Å². The van der Waals surface area contributed by atoms with Gasteiger partial charge in [-0.3, -0.25) is 0 Å². The van der Waals surface area contributed by atoms with Crippen molar-refractivity contribution in [1.29, 1.82) is 0 Å². The first-order valence-electron chi connectivity index (χ1n) is 0.813. The molecule has 0 amide bonds. The molecule has 0 rings (SSSR count). The molecule has 0 aliphatic heterocycles. The first-order valence-corrected chi connectivity index (χ1v) is 2.44. The SMILES string of the molecule is C[SiH]=O.[NaH]. The van der Waals surface area contributed by atoms with Crippen LogP contribution in [0.15, 0.2) is 0 Å². The first-order chi connectivity index (χ1) is 1.41. The molecule has 0 aromatic rings. The average molecular weight is 84.1 g/mol. The molecular weight excluding hydrogens is 79.1 g/mol. The van der Waals surface area contributed by atoms with Crippen LogP contribution in [0.5, 0.6) is 0 Å². The Bertz CT molecular complexity index is 15.5. The zero-order chi connectivity index (χ0) is 2.71. The summed E-state index contributed by atoms with van der Waals surface area (Å²) in [6.45, 7) is 1.65. The standard InChI is InChI=1S/CH4OSi.Na.H/c1-3-2;;/h3H,1H3;;. The summed E-state index contributed by atoms with van der Waals surface area (Å²) in [6.07, 6.45) is 0. The van der Waals surface area contributed by atoms with Gasteiger partial charge in [0.15, 0.2) is 0 Å². The monoisotopic (exact) mass is 84.0 g/mol. The van der Waals surface area contributed by atoms with E-state index in [1.165, 1.54) is 0 Å². The van der Waals surface area contributed by atoms with E-state index in [4.69, 9.17) is 4.46 Å². The van der Waals surface area contributed by atoms with Crippen molar-refractivity contribution in [1.82, 2.24) is 0 Å². The fourth-order valence-corrected chi connectivity index (χ4v) is 0. The zero-order valence-electron chi connectivity index (χ0n) is 1.99. The van der Waals surface area contributed by atoms with Crippen molar-refractivity contribution in [3.05, 3.63) is 0 Å². The van der Waals surface area contributed by atoms with Crippen LogP contribution in [0.1, 0.15) is 0 Å². The molecule has 0 saturated heterocycles. The molecule has 0 fully saturated rings. The third-order valence-electron chi connectivity index (χ3n) is 0. The molecule has 0 atom stereocenters. The molecule has 0 aliphatic carbocycles. The number of rotatable bonds is 0. The van der Waals surface area contributed by atoms with Crippen LogP contribution in [0, 0.1) is 0 Å². The predicted octanol–water partition coefficient (Wildman–Crippen LogP) is -0.832. The van der Waals surface area contributed by atoms with Crippen molar-refractivity contribution in [2.75, 3.05) is 0 Å². The maximum atomic E-state index is 9.01. The quantitative estimate of drug-likeness (QED) is 0.350. The molecule has 0 N–H and O–H groups in total. The molecule has 1 nitrogen and oxygen atoms in total. The maximum absolute atomic E-state index is 9.01. The summed E-state index contributed by atoms with van der Waals surface area (Å²) in [5.41, 5.74) is 0. The van der Waals surface area contributed by atoms with E-state index in [-0.39, 0.29) is 29.6 Å². The molecule has 0 aromatic heterocycles. The van der Waals surface area contributed by atoms with Gasteiger partial charge in [-0.05, 0) is 6.55 Å². The summed E-state index contributed by atoms with van der Waals surface area (Å²) in [7, 11) is -0.500. The molecule has 0 unspecified atom stereocenters. The second-order valence-electron chi connectivity index (χ2n) is 0.236. The Balaban J connectivity index is 0. The van der Waals surface area contributed by atoms with Gasteiger partial charge in [-0.1, -0.05) is 0 Å². The molecule has 0 aliphatic rings. The van der Waals surface area contributed by atoms with Gasteiger partial charge in [0.05, 0.1) is 0 Å². The van der Waals surface area contributed by atoms with Gasteiger partial charge in [0.25, 0.3) is 9.41 Å². The minimum atomic E-state index is -0.500. The van der Waals surface area contributed by atoms with E-state index in [2.05, 4.69) is 0 Å². The van der Waals surface area contributed by atoms with Gasteiger partial charge in [0.2, 0.25) is 0 Å². The summed E-state index contributed by atoms with van der Waals surface area (Å²) >= 11 is 0. The zero-order valence-corrected chi connectivity index (χ0v) is 3.14. The summed E-state index contributed by atoms with van der Waals surface area (Å²) in [4.78, 5) is 0. The van der Waals surface area contributed by atoms with Crippen molar-refractivity contribution in [3.63, 3.8) is 0 Å². The molecule has 0 saturated carbocycles. The van der Waals surface area contributed by atoms with Gasteiger partial charge in [0, 0.05) is 0 Å². The molecule has 0 radical (unpaired) electrons. The van der Waals surface area contributed by atoms with Crippen molar-refractivity contribution in [2.45, 2.75) is 6.55 Å². The van der Waals surface area contributed by atoms with Crippen LogP contribution in [0.2, 0.25) is 6.55 Å². The molecule has 3 heteroatoms. The van der Waals surface area contributed by atoms with E-state index in [9.17, 15) is 0 Å². The fourth-order valence-electron chi connectivity index (χ4n) is 0. The Kier molecular flexibility index (Phi) is 20.0. The molecule has 0 bridgehead atoms. The van der Waals surface area contributed by atoms with E-state index in [0.717, 1.165) is 0 Å². The Morgan fingerprint density at radius 3 is 1.75 bits per heavy atom. The summed E-state index contributed by atoms with van der Waals surface area (Å²) < 4.78 is 9.01. The average Bonchev–Trinajstić information content (AvgIpc) is 0.918. The topological polar surface area (TPSA) is 17.1 Å². The molecule has 4 heavy (non-hydrogen) atoms. The molecule has 20 valence electrons. The first kappa shape index (κ1) is 8.89. The Morgan fingerprint density at radius 1 is 1.75 bits per heavy atom. The van der Waals surface area contributed by atoms with Gasteiger partial charge < -0.3 is 4.46 Å². The van der Waals surface area contributed by atoms with Gasteiger partial charge in [-0.15, -0.1) is 0 Å². The van der Waals surface area contributed by atoms with Crippen molar-refractivity contribution in [2.24, 2.45) is 0 Å². The third-order valence-corrected chi connectivity index (χ3v) is 0. The molecular formula is CH5NaOSi. The van der Waals surface area contributed by atoms with Crippen LogP contribution in [-0.4, -0.2) is 39.0 Å². The van der Waals surface area contributed by atoms with Crippen LogP contribution >= 0.6 is 0 Å². The van der Waals surface area contributed by atoms with E-state index in [1.54, 1.807) is 6.55 Å². The Morgan fingerprint density at radius 2 is 1.75 bits per heavy atom. The van der Waals surface area contributed by atoms with Gasteiger partial charge in [-0.25, -0.2) is 0 Å². The van der Waals surface area contributed by atoms with Crippen LogP contribution in [0.4, 0.5) is 0 Å². The van der Waals surface area contributed by atoms with Crippen molar-refractivity contribution in [3.8, 4) is 0 Å². The number of hydrogen-bond donors (Lipinski definition) is 0. The van der Waals surface area contributed by atoms with Crippen LogP contribution in [0.3, 0.4) is 0 Å². The summed E-state index contributed by atoms with van der Waals surface area (Å²) in [5, 5.41) is 0. The molecule has 0 spiro atoms. The number of hydrogen-bond acceptors (Lipinski definition) is 1. The Hall–Kier alpha value is 1.02. The van der Waals surface area contributed by atoms with Crippen LogP contribution in [0.25, 0.3) is 0 Å². The molecule has 0 aromatic carbocycles. The van der Waals surface area contributed by atoms with Crippen molar-refractivity contribution >= 4 is 39.0 Å². The second kappa shape index (κ2) is 8.99. The Labute approximate surface area is 50.0 Å². The summed E-state index contributed by atoms with van der Waals surface area (Å²) in [6, 6.07) is 0. The fraction of sp³-hybridized carbons (Fsp3) is 1.00. The normalized spacial score (nSPS) is 3.25. The van der Waals surface area contributed by atoms with E-state index in [1.807, 2.05) is 0 Å². The second-order valence-corrected chi connectivity index (χ2v) is 0.707. The van der Waals surface area contributed by atoms with E-state index in [0.29, 0.717) is 0 Å². The van der Waals surface area contributed by atoms with E-state index >= 15 is 0 Å². The van der Waals surface area contributed by atoms with Gasteiger partial charge >= 0.3 is 29.6 Å².